The largest absolute Gasteiger partial charge is 0.497 e. The molecule has 2 aromatic rings. The SMILES string of the molecule is COC(=O)C1(CC(N)=O)C(=O)N(Cc2ccc(Br)cc2F)C(=O)c2cc(OC)ccc21. The van der Waals surface area contributed by atoms with Crippen molar-refractivity contribution in [3.63, 3.8) is 0 Å². The molecule has 3 rings (SSSR count). The molecular weight excluding hydrogens is 475 g/mol. The number of ether oxygens (including phenoxy) is 2. The first kappa shape index (κ1) is 22.4. The fourth-order valence-corrected chi connectivity index (χ4v) is 3.96. The number of hydrogen-bond acceptors (Lipinski definition) is 6. The van der Waals surface area contributed by atoms with Crippen molar-refractivity contribution in [2.24, 2.45) is 5.73 Å². The number of imide groups is 1. The van der Waals surface area contributed by atoms with E-state index >= 15 is 0 Å². The molecule has 1 heterocycles. The molecule has 1 aliphatic rings. The first-order valence-corrected chi connectivity index (χ1v) is 9.80. The first-order chi connectivity index (χ1) is 14.6. The van der Waals surface area contributed by atoms with Crippen molar-refractivity contribution < 1.29 is 33.0 Å². The predicted molar refractivity (Wildman–Crippen MR) is 109 cm³/mol. The van der Waals surface area contributed by atoms with Crippen LogP contribution < -0.4 is 10.5 Å². The van der Waals surface area contributed by atoms with E-state index in [0.29, 0.717) is 9.37 Å². The minimum Gasteiger partial charge on any atom is -0.497 e. The number of amides is 3. The molecule has 0 radical (unpaired) electrons. The lowest BCUT2D eigenvalue weighted by atomic mass is 9.71. The molecule has 0 saturated heterocycles. The van der Waals surface area contributed by atoms with Crippen LogP contribution in [0.3, 0.4) is 0 Å². The van der Waals surface area contributed by atoms with Crippen LogP contribution >= 0.6 is 15.9 Å². The maximum atomic E-state index is 14.4. The van der Waals surface area contributed by atoms with Crippen molar-refractivity contribution in [3.05, 3.63) is 63.4 Å². The molecule has 0 spiro atoms. The van der Waals surface area contributed by atoms with Gasteiger partial charge in [0.15, 0.2) is 5.41 Å². The molecule has 2 N–H and O–H groups in total. The van der Waals surface area contributed by atoms with Crippen LogP contribution in [0.15, 0.2) is 40.9 Å². The van der Waals surface area contributed by atoms with Crippen LogP contribution in [0.2, 0.25) is 0 Å². The third-order valence-electron chi connectivity index (χ3n) is 5.09. The molecule has 8 nitrogen and oxygen atoms in total. The Bertz CT molecular complexity index is 1110. The molecule has 1 atom stereocenters. The standard InChI is InChI=1S/C21H18BrFN2O6/c1-30-13-5-6-15-14(8-13)18(27)25(10-11-3-4-12(22)7-16(11)23)19(28)21(15,9-17(24)26)20(29)31-2/h3-8H,9-10H2,1-2H3,(H2,24,26). The van der Waals surface area contributed by atoms with Crippen molar-refractivity contribution in [3.8, 4) is 5.75 Å². The van der Waals surface area contributed by atoms with E-state index in [4.69, 9.17) is 15.2 Å². The summed E-state index contributed by atoms with van der Waals surface area (Å²) < 4.78 is 24.9. The number of hydrogen-bond donors (Lipinski definition) is 1. The summed E-state index contributed by atoms with van der Waals surface area (Å²) >= 11 is 3.14. The molecule has 31 heavy (non-hydrogen) atoms. The maximum Gasteiger partial charge on any atom is 0.326 e. The van der Waals surface area contributed by atoms with Gasteiger partial charge in [-0.1, -0.05) is 28.1 Å². The number of carbonyl (C=O) groups excluding carboxylic acids is 4. The Kier molecular flexibility index (Phi) is 6.12. The van der Waals surface area contributed by atoms with Gasteiger partial charge in [-0.2, -0.15) is 0 Å². The van der Waals surface area contributed by atoms with Gasteiger partial charge in [-0.3, -0.25) is 24.1 Å². The first-order valence-electron chi connectivity index (χ1n) is 9.01. The summed E-state index contributed by atoms with van der Waals surface area (Å²) in [6.07, 6.45) is -0.732. The average Bonchev–Trinajstić information content (AvgIpc) is 2.74. The number of esters is 1. The van der Waals surface area contributed by atoms with Crippen molar-refractivity contribution in [2.75, 3.05) is 14.2 Å². The van der Waals surface area contributed by atoms with Gasteiger partial charge in [0.05, 0.1) is 27.2 Å². The number of nitrogens with two attached hydrogens (primary N) is 1. The molecule has 0 saturated carbocycles. The Balaban J connectivity index is 2.24. The minimum absolute atomic E-state index is 0.0264. The summed E-state index contributed by atoms with van der Waals surface area (Å²) in [5.74, 6) is -4.19. The van der Waals surface area contributed by atoms with E-state index in [2.05, 4.69) is 15.9 Å². The zero-order valence-corrected chi connectivity index (χ0v) is 18.2. The highest BCUT2D eigenvalue weighted by atomic mass is 79.9. The van der Waals surface area contributed by atoms with Gasteiger partial charge in [-0.05, 0) is 29.8 Å². The number of carbonyl (C=O) groups is 4. The molecule has 162 valence electrons. The number of methoxy groups -OCH3 is 2. The highest BCUT2D eigenvalue weighted by Crippen LogP contribution is 2.41. The highest BCUT2D eigenvalue weighted by molar-refractivity contribution is 9.10. The summed E-state index contributed by atoms with van der Waals surface area (Å²) in [6.45, 7) is -0.467. The third kappa shape index (κ3) is 3.78. The van der Waals surface area contributed by atoms with Gasteiger partial charge in [-0.25, -0.2) is 4.39 Å². The van der Waals surface area contributed by atoms with E-state index in [1.807, 2.05) is 0 Å². The van der Waals surface area contributed by atoms with Crippen LogP contribution in [-0.4, -0.2) is 42.8 Å². The van der Waals surface area contributed by atoms with E-state index in [0.717, 1.165) is 7.11 Å². The summed E-state index contributed by atoms with van der Waals surface area (Å²) in [6, 6.07) is 8.26. The van der Waals surface area contributed by atoms with Gasteiger partial charge in [0, 0.05) is 15.6 Å². The number of primary amides is 1. The van der Waals surface area contributed by atoms with Crippen LogP contribution in [0.5, 0.6) is 5.75 Å². The molecular formula is C21H18BrFN2O6. The fraction of sp³-hybridized carbons (Fsp3) is 0.238. The zero-order valence-electron chi connectivity index (χ0n) is 16.6. The summed E-state index contributed by atoms with van der Waals surface area (Å²) in [4.78, 5) is 52.2. The quantitative estimate of drug-likeness (QED) is 0.374. The monoisotopic (exact) mass is 492 g/mol. The number of nitrogens with zero attached hydrogens (tertiary/aromatic N) is 1. The predicted octanol–water partition coefficient (Wildman–Crippen LogP) is 2.07. The number of benzene rings is 2. The lowest BCUT2D eigenvalue weighted by Gasteiger charge is -2.39. The van der Waals surface area contributed by atoms with Crippen LogP contribution in [0.4, 0.5) is 4.39 Å². The second-order valence-electron chi connectivity index (χ2n) is 6.88. The molecule has 1 unspecified atom stereocenters. The van der Waals surface area contributed by atoms with Gasteiger partial charge < -0.3 is 15.2 Å². The third-order valence-corrected chi connectivity index (χ3v) is 5.58. The molecule has 1 aliphatic heterocycles. The minimum atomic E-state index is -2.19. The second kappa shape index (κ2) is 8.46. The van der Waals surface area contributed by atoms with Crippen LogP contribution in [-0.2, 0) is 31.1 Å². The van der Waals surface area contributed by atoms with Gasteiger partial charge in [0.1, 0.15) is 11.6 Å². The van der Waals surface area contributed by atoms with E-state index < -0.39 is 47.9 Å². The Labute approximate surface area is 185 Å². The molecule has 0 fully saturated rings. The van der Waals surface area contributed by atoms with Gasteiger partial charge in [-0.15, -0.1) is 0 Å². The van der Waals surface area contributed by atoms with Crippen molar-refractivity contribution in [1.82, 2.24) is 4.90 Å². The van der Waals surface area contributed by atoms with Crippen molar-refractivity contribution in [1.29, 1.82) is 0 Å². The van der Waals surface area contributed by atoms with Crippen molar-refractivity contribution in [2.45, 2.75) is 18.4 Å². The van der Waals surface area contributed by atoms with Gasteiger partial charge in [0.2, 0.25) is 5.91 Å². The van der Waals surface area contributed by atoms with E-state index in [1.165, 1.54) is 37.4 Å². The second-order valence-corrected chi connectivity index (χ2v) is 7.80. The van der Waals surface area contributed by atoms with E-state index in [9.17, 15) is 23.6 Å². The van der Waals surface area contributed by atoms with E-state index in [-0.39, 0.29) is 22.4 Å². The van der Waals surface area contributed by atoms with Crippen LogP contribution in [0.1, 0.15) is 27.9 Å². The number of fused-ring (bicyclic) bond motifs is 1. The van der Waals surface area contributed by atoms with Crippen LogP contribution in [0.25, 0.3) is 0 Å². The number of halogens is 2. The normalized spacial score (nSPS) is 17.9. The fourth-order valence-electron chi connectivity index (χ4n) is 3.62. The van der Waals surface area contributed by atoms with E-state index in [1.54, 1.807) is 6.07 Å². The molecule has 0 aliphatic carbocycles. The Morgan fingerprint density at radius 2 is 1.87 bits per heavy atom. The summed E-state index contributed by atoms with van der Waals surface area (Å²) in [5.41, 5.74) is 3.12. The average molecular weight is 493 g/mol. The molecule has 2 aromatic carbocycles. The molecule has 0 bridgehead atoms. The highest BCUT2D eigenvalue weighted by Gasteiger charge is 2.58. The maximum absolute atomic E-state index is 14.4. The topological polar surface area (TPSA) is 116 Å². The Morgan fingerprint density at radius 3 is 2.45 bits per heavy atom. The molecule has 3 amide bonds. The molecule has 0 aromatic heterocycles. The summed E-state index contributed by atoms with van der Waals surface area (Å²) in [5, 5.41) is 0. The smallest absolute Gasteiger partial charge is 0.326 e. The summed E-state index contributed by atoms with van der Waals surface area (Å²) in [7, 11) is 2.43. The zero-order chi connectivity index (χ0) is 22.9. The van der Waals surface area contributed by atoms with Gasteiger partial charge in [0.25, 0.3) is 11.8 Å². The molecule has 10 heteroatoms. The number of rotatable bonds is 6. The van der Waals surface area contributed by atoms with Crippen LogP contribution in [0, 0.1) is 5.82 Å². The van der Waals surface area contributed by atoms with Gasteiger partial charge >= 0.3 is 5.97 Å². The van der Waals surface area contributed by atoms with Crippen molar-refractivity contribution >= 4 is 39.6 Å². The Hall–Kier alpha value is -3.27. The lowest BCUT2D eigenvalue weighted by molar-refractivity contribution is -0.158. The lowest BCUT2D eigenvalue weighted by Crippen LogP contribution is -2.59. The Morgan fingerprint density at radius 1 is 1.16 bits per heavy atom.